The molecule has 7 nitrogen and oxygen atoms in total. The Bertz CT molecular complexity index is 900. The molecule has 2 atom stereocenters. The predicted molar refractivity (Wildman–Crippen MR) is 117 cm³/mol. The van der Waals surface area contributed by atoms with Gasteiger partial charge in [-0.15, -0.1) is 0 Å². The SMILES string of the molecule is O=C1CCCN1CC(=O)N1C[C@H]2C[C@@]2(C(=O)Nc2ccc(Br)cc2N2CCCC2)C1. The highest BCUT2D eigenvalue weighted by molar-refractivity contribution is 9.10. The Kier molecular flexibility index (Phi) is 5.00. The van der Waals surface area contributed by atoms with Crippen LogP contribution in [0.1, 0.15) is 32.1 Å². The summed E-state index contributed by atoms with van der Waals surface area (Å²) in [7, 11) is 0. The van der Waals surface area contributed by atoms with Crippen LogP contribution in [0.2, 0.25) is 0 Å². The van der Waals surface area contributed by atoms with E-state index in [-0.39, 0.29) is 30.2 Å². The largest absolute Gasteiger partial charge is 0.370 e. The summed E-state index contributed by atoms with van der Waals surface area (Å²) in [5, 5.41) is 3.17. The fourth-order valence-electron chi connectivity index (χ4n) is 5.24. The highest BCUT2D eigenvalue weighted by Crippen LogP contribution is 2.58. The molecule has 3 saturated heterocycles. The van der Waals surface area contributed by atoms with Crippen molar-refractivity contribution in [2.75, 3.05) is 49.5 Å². The number of piperidine rings is 1. The summed E-state index contributed by atoms with van der Waals surface area (Å²) >= 11 is 3.55. The molecule has 0 radical (unpaired) electrons. The Labute approximate surface area is 184 Å². The van der Waals surface area contributed by atoms with Crippen molar-refractivity contribution in [2.45, 2.75) is 32.1 Å². The third kappa shape index (κ3) is 3.49. The van der Waals surface area contributed by atoms with Crippen LogP contribution < -0.4 is 10.2 Å². The summed E-state index contributed by atoms with van der Waals surface area (Å²) in [6.45, 7) is 3.90. The van der Waals surface area contributed by atoms with E-state index < -0.39 is 5.41 Å². The van der Waals surface area contributed by atoms with Gasteiger partial charge in [-0.2, -0.15) is 0 Å². The number of benzene rings is 1. The van der Waals surface area contributed by atoms with Gasteiger partial charge in [-0.25, -0.2) is 0 Å². The maximum absolute atomic E-state index is 13.3. The molecule has 3 heterocycles. The third-order valence-electron chi connectivity index (χ3n) is 7.10. The number of likely N-dealkylation sites (tertiary alicyclic amines) is 2. The van der Waals surface area contributed by atoms with Crippen LogP contribution in [0.5, 0.6) is 0 Å². The molecule has 0 bridgehead atoms. The lowest BCUT2D eigenvalue weighted by Gasteiger charge is -2.25. The Morgan fingerprint density at radius 2 is 1.97 bits per heavy atom. The summed E-state index contributed by atoms with van der Waals surface area (Å²) in [5.41, 5.74) is 1.43. The van der Waals surface area contributed by atoms with E-state index in [1.807, 2.05) is 12.1 Å². The van der Waals surface area contributed by atoms with Gasteiger partial charge >= 0.3 is 0 Å². The van der Waals surface area contributed by atoms with Gasteiger partial charge in [0.1, 0.15) is 0 Å². The lowest BCUT2D eigenvalue weighted by atomic mass is 10.0. The van der Waals surface area contributed by atoms with E-state index in [9.17, 15) is 14.4 Å². The summed E-state index contributed by atoms with van der Waals surface area (Å²) < 4.78 is 0.999. The molecule has 1 aromatic rings. The van der Waals surface area contributed by atoms with Gasteiger partial charge in [0, 0.05) is 43.6 Å². The smallest absolute Gasteiger partial charge is 0.242 e. The zero-order valence-corrected chi connectivity index (χ0v) is 18.6. The fraction of sp³-hybridized carbons (Fsp3) is 0.591. The Morgan fingerprint density at radius 1 is 1.17 bits per heavy atom. The van der Waals surface area contributed by atoms with Crippen LogP contribution in [0.3, 0.4) is 0 Å². The second-order valence-corrected chi connectivity index (χ2v) is 9.98. The molecule has 1 aliphatic carbocycles. The second kappa shape index (κ2) is 7.55. The lowest BCUT2D eigenvalue weighted by Crippen LogP contribution is -2.42. The number of rotatable bonds is 5. The average molecular weight is 475 g/mol. The Balaban J connectivity index is 1.25. The minimum atomic E-state index is -0.472. The second-order valence-electron chi connectivity index (χ2n) is 9.06. The molecule has 4 aliphatic rings. The molecule has 30 heavy (non-hydrogen) atoms. The van der Waals surface area contributed by atoms with Crippen molar-refractivity contribution in [1.82, 2.24) is 9.80 Å². The first-order valence-electron chi connectivity index (χ1n) is 10.9. The summed E-state index contributed by atoms with van der Waals surface area (Å²) in [6, 6.07) is 5.98. The lowest BCUT2D eigenvalue weighted by molar-refractivity contribution is -0.138. The molecule has 0 spiro atoms. The van der Waals surface area contributed by atoms with Crippen LogP contribution in [-0.2, 0) is 14.4 Å². The van der Waals surface area contributed by atoms with E-state index in [4.69, 9.17) is 0 Å². The number of hydrogen-bond donors (Lipinski definition) is 1. The van der Waals surface area contributed by atoms with E-state index in [0.717, 1.165) is 41.8 Å². The molecule has 0 unspecified atom stereocenters. The molecule has 1 saturated carbocycles. The number of halogens is 1. The number of nitrogens with zero attached hydrogens (tertiary/aromatic N) is 3. The van der Waals surface area contributed by atoms with Crippen LogP contribution in [-0.4, -0.2) is 66.8 Å². The molecule has 1 aromatic carbocycles. The zero-order valence-electron chi connectivity index (χ0n) is 17.0. The number of nitrogens with one attached hydrogen (secondary N) is 1. The molecule has 1 N–H and O–H groups in total. The van der Waals surface area contributed by atoms with Crippen molar-refractivity contribution < 1.29 is 14.4 Å². The summed E-state index contributed by atoms with van der Waals surface area (Å²) in [6.07, 6.45) is 4.54. The van der Waals surface area contributed by atoms with Crippen molar-refractivity contribution in [3.8, 4) is 0 Å². The molecular formula is C22H27BrN4O3. The first-order chi connectivity index (χ1) is 14.5. The maximum atomic E-state index is 13.3. The Hall–Kier alpha value is -2.09. The molecule has 8 heteroatoms. The normalized spacial score (nSPS) is 27.6. The summed E-state index contributed by atoms with van der Waals surface area (Å²) in [5.74, 6) is 0.264. The summed E-state index contributed by atoms with van der Waals surface area (Å²) in [4.78, 5) is 43.5. The number of carbonyl (C=O) groups excluding carboxylic acids is 3. The highest BCUT2D eigenvalue weighted by Gasteiger charge is 2.65. The first-order valence-corrected chi connectivity index (χ1v) is 11.7. The first kappa shape index (κ1) is 19.8. The van der Waals surface area contributed by atoms with E-state index in [1.54, 1.807) is 9.80 Å². The van der Waals surface area contributed by atoms with Crippen molar-refractivity contribution in [3.05, 3.63) is 22.7 Å². The molecular weight excluding hydrogens is 448 g/mol. The molecule has 5 rings (SSSR count). The number of anilines is 2. The number of amides is 3. The predicted octanol–water partition coefficient (Wildman–Crippen LogP) is 2.46. The minimum Gasteiger partial charge on any atom is -0.370 e. The quantitative estimate of drug-likeness (QED) is 0.711. The van der Waals surface area contributed by atoms with Gasteiger partial charge in [0.25, 0.3) is 0 Å². The van der Waals surface area contributed by atoms with Crippen molar-refractivity contribution in [1.29, 1.82) is 0 Å². The minimum absolute atomic E-state index is 0.0165. The van der Waals surface area contributed by atoms with Crippen molar-refractivity contribution in [3.63, 3.8) is 0 Å². The standard InChI is InChI=1S/C22H27BrN4O3/c23-16-5-6-17(18(10-16)25-7-1-2-8-25)24-21(30)22-11-15(22)12-27(14-22)20(29)13-26-9-3-4-19(26)28/h5-6,10,15H,1-4,7-9,11-14H2,(H,24,30)/t15-,22-/m1/s1. The zero-order chi connectivity index (χ0) is 20.9. The molecule has 160 valence electrons. The van der Waals surface area contributed by atoms with Gasteiger partial charge in [0.15, 0.2) is 0 Å². The van der Waals surface area contributed by atoms with Gasteiger partial charge in [-0.3, -0.25) is 14.4 Å². The van der Waals surface area contributed by atoms with Gasteiger partial charge < -0.3 is 20.0 Å². The van der Waals surface area contributed by atoms with Crippen LogP contribution in [0.4, 0.5) is 11.4 Å². The maximum Gasteiger partial charge on any atom is 0.242 e. The number of hydrogen-bond acceptors (Lipinski definition) is 4. The van der Waals surface area contributed by atoms with Gasteiger partial charge in [0.05, 0.1) is 23.3 Å². The number of fused-ring (bicyclic) bond motifs is 1. The van der Waals surface area contributed by atoms with Crippen LogP contribution in [0.25, 0.3) is 0 Å². The van der Waals surface area contributed by atoms with Gasteiger partial charge in [0.2, 0.25) is 17.7 Å². The van der Waals surface area contributed by atoms with Crippen LogP contribution >= 0.6 is 15.9 Å². The molecule has 4 fully saturated rings. The fourth-order valence-corrected chi connectivity index (χ4v) is 5.59. The van der Waals surface area contributed by atoms with E-state index in [0.29, 0.717) is 26.1 Å². The van der Waals surface area contributed by atoms with Crippen LogP contribution in [0.15, 0.2) is 22.7 Å². The van der Waals surface area contributed by atoms with Gasteiger partial charge in [-0.1, -0.05) is 15.9 Å². The van der Waals surface area contributed by atoms with E-state index in [2.05, 4.69) is 32.2 Å². The van der Waals surface area contributed by atoms with Crippen molar-refractivity contribution in [2.24, 2.45) is 11.3 Å². The van der Waals surface area contributed by atoms with E-state index in [1.165, 1.54) is 12.8 Å². The molecule has 0 aromatic heterocycles. The molecule has 3 amide bonds. The topological polar surface area (TPSA) is 73.0 Å². The molecule has 3 aliphatic heterocycles. The number of carbonyl (C=O) groups is 3. The Morgan fingerprint density at radius 3 is 2.70 bits per heavy atom. The van der Waals surface area contributed by atoms with Crippen molar-refractivity contribution >= 4 is 45.0 Å². The average Bonchev–Trinajstić information content (AvgIpc) is 3.15. The van der Waals surface area contributed by atoms with E-state index >= 15 is 0 Å². The highest BCUT2D eigenvalue weighted by atomic mass is 79.9. The van der Waals surface area contributed by atoms with Crippen LogP contribution in [0, 0.1) is 11.3 Å². The van der Waals surface area contributed by atoms with Gasteiger partial charge in [-0.05, 0) is 49.8 Å². The third-order valence-corrected chi connectivity index (χ3v) is 7.60. The monoisotopic (exact) mass is 474 g/mol.